The van der Waals surface area contributed by atoms with Gasteiger partial charge < -0.3 is 25.8 Å². The molecule has 0 saturated carbocycles. The van der Waals surface area contributed by atoms with Crippen LogP contribution in [0.2, 0.25) is 0 Å². The second-order valence-corrected chi connectivity index (χ2v) is 9.51. The quantitative estimate of drug-likeness (QED) is 0.474. The lowest BCUT2D eigenvalue weighted by Crippen LogP contribution is -2.62. The van der Waals surface area contributed by atoms with Gasteiger partial charge in [-0.1, -0.05) is 42.8 Å². The summed E-state index contributed by atoms with van der Waals surface area (Å²) in [5, 5.41) is 5.12. The zero-order valence-corrected chi connectivity index (χ0v) is 20.3. The highest BCUT2D eigenvalue weighted by Gasteiger charge is 2.39. The lowest BCUT2D eigenvalue weighted by atomic mass is 10.1. The first-order chi connectivity index (χ1) is 16.6. The Morgan fingerprint density at radius 3 is 2.59 bits per heavy atom. The standard InChI is InChI=1S/C28H36N6/c1-3-28(31-26(29)19-27(32-28)33-16-7-4-8-17-33)34(23-13-11-21(2)12-14-23)18-15-22-20-30-25-10-6-5-9-24(22)25/h5-6,9-14,19-20,30,32H,3-4,7-8,15-18H2,1-2H3,(H2,29,31). The molecule has 2 aromatic carbocycles. The summed E-state index contributed by atoms with van der Waals surface area (Å²) in [5.74, 6) is 1.05. The number of anilines is 1. The number of benzene rings is 2. The van der Waals surface area contributed by atoms with Crippen LogP contribution >= 0.6 is 0 Å². The maximum absolute atomic E-state index is 6.46. The van der Waals surface area contributed by atoms with Gasteiger partial charge in [0.2, 0.25) is 5.79 Å². The number of hydrogen-bond donors (Lipinski definition) is 3. The summed E-state index contributed by atoms with van der Waals surface area (Å²) in [7, 11) is 0. The molecule has 0 radical (unpaired) electrons. The Hall–Kier alpha value is -3.41. The molecule has 4 N–H and O–H groups in total. The third-order valence-electron chi connectivity index (χ3n) is 7.19. The van der Waals surface area contributed by atoms with E-state index in [0.717, 1.165) is 44.0 Å². The van der Waals surface area contributed by atoms with Crippen LogP contribution < -0.4 is 16.0 Å². The molecule has 2 aliphatic heterocycles. The Morgan fingerprint density at radius 2 is 1.82 bits per heavy atom. The summed E-state index contributed by atoms with van der Waals surface area (Å²) in [4.78, 5) is 13.3. The van der Waals surface area contributed by atoms with Crippen LogP contribution in [-0.2, 0) is 6.42 Å². The maximum atomic E-state index is 6.46. The SMILES string of the molecule is CCC1(N(CCc2c[nH]c3ccccc23)c2ccc(C)cc2)N=C(N)C=C(N2CCCCC2)N1. The minimum absolute atomic E-state index is 0.588. The topological polar surface area (TPSA) is 72.7 Å². The molecule has 1 aromatic heterocycles. The number of rotatable bonds is 7. The Morgan fingerprint density at radius 1 is 1.06 bits per heavy atom. The fourth-order valence-corrected chi connectivity index (χ4v) is 5.27. The molecule has 1 fully saturated rings. The molecule has 0 amide bonds. The summed E-state index contributed by atoms with van der Waals surface area (Å²) < 4.78 is 0. The second kappa shape index (κ2) is 9.45. The summed E-state index contributed by atoms with van der Waals surface area (Å²) >= 11 is 0. The van der Waals surface area contributed by atoms with Crippen molar-refractivity contribution in [3.8, 4) is 0 Å². The second-order valence-electron chi connectivity index (χ2n) is 9.51. The van der Waals surface area contributed by atoms with Crippen LogP contribution in [0.5, 0.6) is 0 Å². The molecule has 1 unspecified atom stereocenters. The average molecular weight is 457 g/mol. The monoisotopic (exact) mass is 456 g/mol. The van der Waals surface area contributed by atoms with E-state index in [1.165, 1.54) is 41.3 Å². The fraction of sp³-hybridized carbons (Fsp3) is 0.393. The molecule has 6 heteroatoms. The van der Waals surface area contributed by atoms with Gasteiger partial charge in [0.05, 0.1) is 0 Å². The van der Waals surface area contributed by atoms with E-state index in [9.17, 15) is 0 Å². The molecule has 1 atom stereocenters. The number of aryl methyl sites for hydroxylation is 1. The molecule has 34 heavy (non-hydrogen) atoms. The molecule has 0 aliphatic carbocycles. The van der Waals surface area contributed by atoms with Gasteiger partial charge in [0.25, 0.3) is 0 Å². The van der Waals surface area contributed by atoms with Crippen molar-refractivity contribution >= 4 is 22.4 Å². The molecule has 3 aromatic rings. The largest absolute Gasteiger partial charge is 0.384 e. The minimum Gasteiger partial charge on any atom is -0.384 e. The third-order valence-corrected chi connectivity index (χ3v) is 7.19. The number of likely N-dealkylation sites (tertiary alicyclic amines) is 1. The average Bonchev–Trinajstić information content (AvgIpc) is 3.28. The number of hydrogen-bond acceptors (Lipinski definition) is 5. The number of aromatic nitrogens is 1. The van der Waals surface area contributed by atoms with Gasteiger partial charge in [-0.05, 0) is 56.4 Å². The molecule has 5 rings (SSSR count). The summed E-state index contributed by atoms with van der Waals surface area (Å²) in [6.45, 7) is 7.25. The normalized spacial score (nSPS) is 20.6. The van der Waals surface area contributed by atoms with Crippen molar-refractivity contribution in [3.63, 3.8) is 0 Å². The van der Waals surface area contributed by atoms with Gasteiger partial charge >= 0.3 is 0 Å². The zero-order valence-electron chi connectivity index (χ0n) is 20.3. The number of aliphatic imine (C=N–C) groups is 1. The number of nitrogens with two attached hydrogens (primary N) is 1. The Balaban J connectivity index is 1.49. The van der Waals surface area contributed by atoms with Gasteiger partial charge in [-0.15, -0.1) is 0 Å². The third kappa shape index (κ3) is 4.37. The number of piperidine rings is 1. The van der Waals surface area contributed by atoms with E-state index in [-0.39, 0.29) is 0 Å². The van der Waals surface area contributed by atoms with Crippen molar-refractivity contribution < 1.29 is 0 Å². The fourth-order valence-electron chi connectivity index (χ4n) is 5.27. The Kier molecular flexibility index (Phi) is 6.22. The number of H-pyrrole nitrogens is 1. The van der Waals surface area contributed by atoms with Crippen LogP contribution in [0.25, 0.3) is 10.9 Å². The Labute approximate surface area is 202 Å². The lowest BCUT2D eigenvalue weighted by Gasteiger charge is -2.47. The maximum Gasteiger partial charge on any atom is 0.210 e. The van der Waals surface area contributed by atoms with Gasteiger partial charge in [0.1, 0.15) is 11.7 Å². The van der Waals surface area contributed by atoms with Crippen LogP contribution in [0, 0.1) is 6.92 Å². The first kappa shape index (κ1) is 22.4. The first-order valence-electron chi connectivity index (χ1n) is 12.6. The molecule has 0 spiro atoms. The molecule has 2 aliphatic rings. The van der Waals surface area contributed by atoms with E-state index in [1.807, 2.05) is 6.08 Å². The summed E-state index contributed by atoms with van der Waals surface area (Å²) in [6.07, 6.45) is 9.58. The molecular weight excluding hydrogens is 420 g/mol. The number of fused-ring (bicyclic) bond motifs is 1. The Bertz CT molecular complexity index is 1190. The highest BCUT2D eigenvalue weighted by Crippen LogP contribution is 2.32. The molecule has 1 saturated heterocycles. The van der Waals surface area contributed by atoms with Gasteiger partial charge in [-0.3, -0.25) is 0 Å². The van der Waals surface area contributed by atoms with E-state index in [2.05, 4.69) is 88.7 Å². The molecule has 178 valence electrons. The van der Waals surface area contributed by atoms with Crippen LogP contribution in [-0.4, -0.2) is 41.1 Å². The van der Waals surface area contributed by atoms with E-state index >= 15 is 0 Å². The van der Waals surface area contributed by atoms with Crippen molar-refractivity contribution in [2.75, 3.05) is 24.5 Å². The zero-order chi connectivity index (χ0) is 23.5. The molecule has 6 nitrogen and oxygen atoms in total. The minimum atomic E-state index is -0.632. The van der Waals surface area contributed by atoms with Crippen molar-refractivity contribution in [2.24, 2.45) is 10.7 Å². The van der Waals surface area contributed by atoms with E-state index in [1.54, 1.807) is 0 Å². The first-order valence-corrected chi connectivity index (χ1v) is 12.6. The summed E-state index contributed by atoms with van der Waals surface area (Å²) in [5.41, 5.74) is 11.4. The number of para-hydroxylation sites is 1. The highest BCUT2D eigenvalue weighted by molar-refractivity contribution is 5.93. The summed E-state index contributed by atoms with van der Waals surface area (Å²) in [6, 6.07) is 17.3. The van der Waals surface area contributed by atoms with E-state index < -0.39 is 5.79 Å². The van der Waals surface area contributed by atoms with Crippen molar-refractivity contribution in [2.45, 2.75) is 51.7 Å². The van der Waals surface area contributed by atoms with Gasteiger partial charge in [-0.2, -0.15) is 0 Å². The molecule has 3 heterocycles. The van der Waals surface area contributed by atoms with Crippen molar-refractivity contribution in [1.29, 1.82) is 0 Å². The molecule has 0 bridgehead atoms. The van der Waals surface area contributed by atoms with Crippen LogP contribution in [0.1, 0.15) is 43.7 Å². The van der Waals surface area contributed by atoms with Crippen molar-refractivity contribution in [3.05, 3.63) is 77.8 Å². The number of amidine groups is 1. The predicted molar refractivity (Wildman–Crippen MR) is 142 cm³/mol. The van der Waals surface area contributed by atoms with Crippen LogP contribution in [0.15, 0.2) is 71.6 Å². The van der Waals surface area contributed by atoms with Crippen LogP contribution in [0.3, 0.4) is 0 Å². The highest BCUT2D eigenvalue weighted by atomic mass is 15.5. The lowest BCUT2D eigenvalue weighted by molar-refractivity contribution is 0.224. The van der Waals surface area contributed by atoms with Gasteiger partial charge in [0, 0.05) is 54.9 Å². The number of aromatic amines is 1. The van der Waals surface area contributed by atoms with E-state index in [4.69, 9.17) is 10.7 Å². The van der Waals surface area contributed by atoms with Crippen LogP contribution in [0.4, 0.5) is 5.69 Å². The van der Waals surface area contributed by atoms with Gasteiger partial charge in [0.15, 0.2) is 0 Å². The predicted octanol–water partition coefficient (Wildman–Crippen LogP) is 4.88. The number of nitrogens with one attached hydrogen (secondary N) is 2. The van der Waals surface area contributed by atoms with Crippen molar-refractivity contribution in [1.82, 2.24) is 15.2 Å². The molecular formula is C28H36N6. The van der Waals surface area contributed by atoms with E-state index in [0.29, 0.717) is 5.84 Å². The van der Waals surface area contributed by atoms with Gasteiger partial charge in [-0.25, -0.2) is 4.99 Å². The number of nitrogens with zero attached hydrogens (tertiary/aromatic N) is 3. The smallest absolute Gasteiger partial charge is 0.210 e.